The van der Waals surface area contributed by atoms with Gasteiger partial charge in [-0.2, -0.15) is 9.97 Å². The molecule has 0 saturated heterocycles. The molecule has 0 aliphatic heterocycles. The first kappa shape index (κ1) is 21.8. The standard InChI is InChI=1S/C23H23N3O5/c1-4-9-16-10-5-7-12-18(16)30-22-24-14-25-23(26-22)31-19-13-8-6-11-17(19)20(21(27)28)15(2)29-3/h5-8,10-14H,4,9H2,1-3H3,(H,27,28). The summed E-state index contributed by atoms with van der Waals surface area (Å²) >= 11 is 0. The Hall–Kier alpha value is -3.94. The minimum atomic E-state index is -1.14. The number of para-hydroxylation sites is 2. The quantitative estimate of drug-likeness (QED) is 0.385. The number of hydrogen-bond donors (Lipinski definition) is 1. The second kappa shape index (κ2) is 10.2. The van der Waals surface area contributed by atoms with Gasteiger partial charge in [0.25, 0.3) is 0 Å². The third-order valence-corrected chi connectivity index (χ3v) is 4.45. The van der Waals surface area contributed by atoms with Crippen LogP contribution < -0.4 is 9.47 Å². The van der Waals surface area contributed by atoms with Gasteiger partial charge in [0.2, 0.25) is 0 Å². The molecule has 0 spiro atoms. The first-order valence-corrected chi connectivity index (χ1v) is 9.73. The van der Waals surface area contributed by atoms with Crippen molar-refractivity contribution in [1.82, 2.24) is 15.0 Å². The third-order valence-electron chi connectivity index (χ3n) is 4.45. The van der Waals surface area contributed by atoms with Crippen LogP contribution in [0.2, 0.25) is 0 Å². The summed E-state index contributed by atoms with van der Waals surface area (Å²) in [7, 11) is 1.41. The fraction of sp³-hybridized carbons (Fsp3) is 0.217. The predicted octanol–water partition coefficient (Wildman–Crippen LogP) is 4.87. The fourth-order valence-electron chi connectivity index (χ4n) is 2.96. The molecule has 1 heterocycles. The maximum atomic E-state index is 11.8. The van der Waals surface area contributed by atoms with E-state index in [-0.39, 0.29) is 29.1 Å². The first-order chi connectivity index (χ1) is 15.0. The minimum Gasteiger partial charge on any atom is -0.500 e. The van der Waals surface area contributed by atoms with Crippen LogP contribution in [0.5, 0.6) is 23.5 Å². The van der Waals surface area contributed by atoms with Crippen molar-refractivity contribution in [3.63, 3.8) is 0 Å². The van der Waals surface area contributed by atoms with Crippen LogP contribution in [-0.4, -0.2) is 33.1 Å². The maximum absolute atomic E-state index is 11.8. The second-order valence-corrected chi connectivity index (χ2v) is 6.55. The van der Waals surface area contributed by atoms with Crippen LogP contribution in [0.3, 0.4) is 0 Å². The average Bonchev–Trinajstić information content (AvgIpc) is 2.76. The van der Waals surface area contributed by atoms with Crippen molar-refractivity contribution in [3.8, 4) is 23.5 Å². The Labute approximate surface area is 180 Å². The highest BCUT2D eigenvalue weighted by Crippen LogP contribution is 2.32. The molecule has 0 unspecified atom stereocenters. The van der Waals surface area contributed by atoms with Gasteiger partial charge in [0.1, 0.15) is 29.2 Å². The highest BCUT2D eigenvalue weighted by Gasteiger charge is 2.20. The van der Waals surface area contributed by atoms with Gasteiger partial charge in [-0.1, -0.05) is 49.7 Å². The van der Waals surface area contributed by atoms with Gasteiger partial charge in [0, 0.05) is 5.56 Å². The molecule has 0 atom stereocenters. The summed E-state index contributed by atoms with van der Waals surface area (Å²) in [5.74, 6) is 0.0342. The van der Waals surface area contributed by atoms with E-state index in [0.29, 0.717) is 11.3 Å². The summed E-state index contributed by atoms with van der Waals surface area (Å²) < 4.78 is 16.8. The van der Waals surface area contributed by atoms with E-state index in [1.807, 2.05) is 24.3 Å². The number of methoxy groups -OCH3 is 1. The molecule has 0 amide bonds. The van der Waals surface area contributed by atoms with E-state index < -0.39 is 5.97 Å². The summed E-state index contributed by atoms with van der Waals surface area (Å²) in [6, 6.07) is 14.4. The lowest BCUT2D eigenvalue weighted by atomic mass is 10.0. The summed E-state index contributed by atoms with van der Waals surface area (Å²) in [5.41, 5.74) is 1.37. The van der Waals surface area contributed by atoms with Gasteiger partial charge >= 0.3 is 18.0 Å². The molecule has 8 heteroatoms. The van der Waals surface area contributed by atoms with Gasteiger partial charge in [-0.05, 0) is 31.0 Å². The Bertz CT molecular complexity index is 1100. The summed E-state index contributed by atoms with van der Waals surface area (Å²) in [5, 5.41) is 9.64. The van der Waals surface area contributed by atoms with Gasteiger partial charge < -0.3 is 19.3 Å². The second-order valence-electron chi connectivity index (χ2n) is 6.55. The molecule has 0 radical (unpaired) electrons. The number of carboxylic acid groups (broad SMARTS) is 1. The molecule has 1 aromatic heterocycles. The lowest BCUT2D eigenvalue weighted by molar-refractivity contribution is -0.130. The number of aryl methyl sites for hydroxylation is 1. The topological polar surface area (TPSA) is 104 Å². The molecule has 0 fully saturated rings. The van der Waals surface area contributed by atoms with Crippen molar-refractivity contribution in [2.75, 3.05) is 7.11 Å². The Morgan fingerprint density at radius 2 is 1.58 bits per heavy atom. The Kier molecular flexibility index (Phi) is 7.16. The fourth-order valence-corrected chi connectivity index (χ4v) is 2.96. The van der Waals surface area contributed by atoms with E-state index in [4.69, 9.17) is 14.2 Å². The highest BCUT2D eigenvalue weighted by atomic mass is 16.5. The lowest BCUT2D eigenvalue weighted by Crippen LogP contribution is -2.06. The van der Waals surface area contributed by atoms with E-state index in [2.05, 4.69) is 21.9 Å². The molecule has 3 rings (SSSR count). The van der Waals surface area contributed by atoms with Crippen molar-refractivity contribution in [3.05, 3.63) is 71.7 Å². The molecule has 2 aromatic carbocycles. The zero-order valence-electron chi connectivity index (χ0n) is 17.5. The van der Waals surface area contributed by atoms with Crippen LogP contribution in [0.4, 0.5) is 0 Å². The first-order valence-electron chi connectivity index (χ1n) is 9.73. The van der Waals surface area contributed by atoms with E-state index in [1.165, 1.54) is 13.4 Å². The number of hydrogen-bond acceptors (Lipinski definition) is 7. The maximum Gasteiger partial charge on any atom is 0.339 e. The molecule has 31 heavy (non-hydrogen) atoms. The largest absolute Gasteiger partial charge is 0.500 e. The van der Waals surface area contributed by atoms with Gasteiger partial charge in [0.05, 0.1) is 7.11 Å². The van der Waals surface area contributed by atoms with E-state index in [9.17, 15) is 9.90 Å². The molecular weight excluding hydrogens is 398 g/mol. The molecule has 0 bridgehead atoms. The normalized spacial score (nSPS) is 11.5. The number of allylic oxidation sites excluding steroid dienone is 1. The van der Waals surface area contributed by atoms with Crippen molar-refractivity contribution in [2.45, 2.75) is 26.7 Å². The highest BCUT2D eigenvalue weighted by molar-refractivity contribution is 6.16. The van der Waals surface area contributed by atoms with Crippen LogP contribution in [0.1, 0.15) is 31.4 Å². The Balaban J connectivity index is 1.90. The van der Waals surface area contributed by atoms with Gasteiger partial charge in [-0.25, -0.2) is 4.79 Å². The van der Waals surface area contributed by atoms with Crippen molar-refractivity contribution in [1.29, 1.82) is 0 Å². The van der Waals surface area contributed by atoms with Crippen LogP contribution in [0.25, 0.3) is 5.57 Å². The molecule has 0 aliphatic carbocycles. The molecule has 0 aliphatic rings. The molecule has 1 N–H and O–H groups in total. The van der Waals surface area contributed by atoms with Gasteiger partial charge in [-0.15, -0.1) is 4.98 Å². The predicted molar refractivity (Wildman–Crippen MR) is 114 cm³/mol. The van der Waals surface area contributed by atoms with Gasteiger partial charge in [0.15, 0.2) is 0 Å². The van der Waals surface area contributed by atoms with E-state index >= 15 is 0 Å². The smallest absolute Gasteiger partial charge is 0.339 e. The molecular formula is C23H23N3O5. The van der Waals surface area contributed by atoms with Crippen LogP contribution in [-0.2, 0) is 16.0 Å². The van der Waals surface area contributed by atoms with E-state index in [0.717, 1.165) is 18.4 Å². The number of benzene rings is 2. The van der Waals surface area contributed by atoms with E-state index in [1.54, 1.807) is 31.2 Å². The Morgan fingerprint density at radius 1 is 0.968 bits per heavy atom. The minimum absolute atomic E-state index is 0.0166. The Morgan fingerprint density at radius 3 is 2.23 bits per heavy atom. The number of rotatable bonds is 9. The number of aliphatic carboxylic acids is 1. The number of nitrogens with zero attached hydrogens (tertiary/aromatic N) is 3. The number of carboxylic acids is 1. The summed E-state index contributed by atoms with van der Waals surface area (Å²) in [6.07, 6.45) is 3.11. The van der Waals surface area contributed by atoms with Crippen molar-refractivity contribution < 1.29 is 24.1 Å². The zero-order chi connectivity index (χ0) is 22.2. The number of aromatic nitrogens is 3. The third kappa shape index (κ3) is 5.36. The molecule has 160 valence electrons. The lowest BCUT2D eigenvalue weighted by Gasteiger charge is -2.13. The summed E-state index contributed by atoms with van der Waals surface area (Å²) in [6.45, 7) is 3.66. The van der Waals surface area contributed by atoms with Crippen molar-refractivity contribution in [2.24, 2.45) is 0 Å². The summed E-state index contributed by atoms with van der Waals surface area (Å²) in [4.78, 5) is 24.1. The van der Waals surface area contributed by atoms with Crippen LogP contribution >= 0.6 is 0 Å². The number of carbonyl (C=O) groups is 1. The molecule has 3 aromatic rings. The molecule has 8 nitrogen and oxygen atoms in total. The van der Waals surface area contributed by atoms with Crippen molar-refractivity contribution >= 4 is 11.5 Å². The monoisotopic (exact) mass is 421 g/mol. The average molecular weight is 421 g/mol. The van der Waals surface area contributed by atoms with Crippen LogP contribution in [0.15, 0.2) is 60.6 Å². The zero-order valence-corrected chi connectivity index (χ0v) is 17.5. The van der Waals surface area contributed by atoms with Gasteiger partial charge in [-0.3, -0.25) is 0 Å². The SMILES string of the molecule is CCCc1ccccc1Oc1ncnc(Oc2ccccc2C(C(=O)O)=C(C)OC)n1. The molecule has 0 saturated carbocycles. The number of ether oxygens (including phenoxy) is 3. The van der Waals surface area contributed by atoms with Crippen LogP contribution in [0, 0.1) is 0 Å².